The van der Waals surface area contributed by atoms with Crippen LogP contribution in [0, 0.1) is 11.3 Å². The molecule has 0 atom stereocenters. The van der Waals surface area contributed by atoms with Crippen LogP contribution in [0.15, 0.2) is 36.5 Å². The molecule has 0 unspecified atom stereocenters. The zero-order valence-electron chi connectivity index (χ0n) is 10.1. The number of anilines is 3. The van der Waals surface area contributed by atoms with E-state index >= 15 is 0 Å². The lowest BCUT2D eigenvalue weighted by atomic mass is 10.1. The van der Waals surface area contributed by atoms with Crippen LogP contribution in [0.25, 0.3) is 0 Å². The molecule has 2 aromatic rings. The van der Waals surface area contributed by atoms with E-state index in [4.69, 9.17) is 11.0 Å². The summed E-state index contributed by atoms with van der Waals surface area (Å²) in [5.74, 6) is 0.0146. The highest BCUT2D eigenvalue weighted by molar-refractivity contribution is 5.74. The van der Waals surface area contributed by atoms with E-state index in [1.165, 1.54) is 30.5 Å². The van der Waals surface area contributed by atoms with E-state index in [0.29, 0.717) is 0 Å². The number of para-hydroxylation sites is 1. The molecule has 0 radical (unpaired) electrons. The van der Waals surface area contributed by atoms with Crippen LogP contribution in [0.3, 0.4) is 0 Å². The predicted octanol–water partition coefficient (Wildman–Crippen LogP) is 3.30. The van der Waals surface area contributed by atoms with Crippen LogP contribution in [0.4, 0.5) is 30.4 Å². The third-order valence-electron chi connectivity index (χ3n) is 2.60. The molecular formula is C13H9F3N4. The predicted molar refractivity (Wildman–Crippen MR) is 68.1 cm³/mol. The maximum atomic E-state index is 12.9. The van der Waals surface area contributed by atoms with Crippen molar-refractivity contribution in [3.05, 3.63) is 47.7 Å². The quantitative estimate of drug-likeness (QED) is 0.883. The summed E-state index contributed by atoms with van der Waals surface area (Å²) >= 11 is 0. The van der Waals surface area contributed by atoms with Crippen LogP contribution in [0.1, 0.15) is 11.1 Å². The number of alkyl halides is 3. The van der Waals surface area contributed by atoms with Crippen molar-refractivity contribution in [2.45, 2.75) is 6.18 Å². The molecule has 0 bridgehead atoms. The summed E-state index contributed by atoms with van der Waals surface area (Å²) in [6.07, 6.45) is -3.20. The van der Waals surface area contributed by atoms with Crippen molar-refractivity contribution in [1.29, 1.82) is 5.26 Å². The highest BCUT2D eigenvalue weighted by Gasteiger charge is 2.33. The Hall–Kier alpha value is -2.75. The van der Waals surface area contributed by atoms with Crippen molar-refractivity contribution in [3.8, 4) is 6.07 Å². The number of nitrogens with one attached hydrogen (secondary N) is 1. The monoisotopic (exact) mass is 278 g/mol. The Kier molecular flexibility index (Phi) is 3.48. The third kappa shape index (κ3) is 2.64. The standard InChI is InChI=1S/C13H9F3N4/c14-13(15,16)9-3-1-2-4-10(9)20-12-11(18)8(7-17)5-6-19-12/h1-6H,18H2,(H,19,20). The van der Waals surface area contributed by atoms with Crippen LogP contribution in [-0.2, 0) is 6.18 Å². The number of hydrogen-bond donors (Lipinski definition) is 2. The van der Waals surface area contributed by atoms with Crippen molar-refractivity contribution in [2.24, 2.45) is 0 Å². The molecule has 0 amide bonds. The van der Waals surface area contributed by atoms with Gasteiger partial charge in [0.25, 0.3) is 0 Å². The molecule has 0 saturated heterocycles. The van der Waals surface area contributed by atoms with E-state index in [-0.39, 0.29) is 22.8 Å². The van der Waals surface area contributed by atoms with Crippen LogP contribution >= 0.6 is 0 Å². The first-order chi connectivity index (χ1) is 9.43. The van der Waals surface area contributed by atoms with Gasteiger partial charge in [0.15, 0.2) is 5.82 Å². The van der Waals surface area contributed by atoms with Gasteiger partial charge >= 0.3 is 6.18 Å². The smallest absolute Gasteiger partial charge is 0.395 e. The molecule has 2 rings (SSSR count). The van der Waals surface area contributed by atoms with Crippen molar-refractivity contribution in [2.75, 3.05) is 11.1 Å². The molecule has 0 fully saturated rings. The summed E-state index contributed by atoms with van der Waals surface area (Å²) in [6, 6.07) is 8.19. The van der Waals surface area contributed by atoms with Gasteiger partial charge in [0.1, 0.15) is 6.07 Å². The third-order valence-corrected chi connectivity index (χ3v) is 2.60. The second-order valence-electron chi connectivity index (χ2n) is 3.90. The normalized spacial score (nSPS) is 10.9. The Morgan fingerprint density at radius 2 is 1.90 bits per heavy atom. The minimum absolute atomic E-state index is 0.00646. The fourth-order valence-electron chi connectivity index (χ4n) is 1.64. The first-order valence-corrected chi connectivity index (χ1v) is 5.51. The van der Waals surface area contributed by atoms with Crippen molar-refractivity contribution < 1.29 is 13.2 Å². The molecule has 0 aliphatic heterocycles. The Balaban J connectivity index is 2.44. The van der Waals surface area contributed by atoms with E-state index in [9.17, 15) is 13.2 Å². The second kappa shape index (κ2) is 5.09. The summed E-state index contributed by atoms with van der Waals surface area (Å²) in [5, 5.41) is 11.3. The highest BCUT2D eigenvalue weighted by atomic mass is 19.4. The van der Waals surface area contributed by atoms with Gasteiger partial charge in [-0.05, 0) is 18.2 Å². The Morgan fingerprint density at radius 3 is 2.55 bits per heavy atom. The second-order valence-corrected chi connectivity index (χ2v) is 3.90. The van der Waals surface area contributed by atoms with Gasteiger partial charge in [-0.3, -0.25) is 0 Å². The lowest BCUT2D eigenvalue weighted by molar-refractivity contribution is -0.136. The number of aromatic nitrogens is 1. The molecule has 0 aliphatic carbocycles. The van der Waals surface area contributed by atoms with Crippen LogP contribution in [0.2, 0.25) is 0 Å². The molecule has 4 nitrogen and oxygen atoms in total. The average molecular weight is 278 g/mol. The Bertz CT molecular complexity index is 674. The number of hydrogen-bond acceptors (Lipinski definition) is 4. The molecule has 1 aromatic heterocycles. The molecule has 102 valence electrons. The zero-order valence-corrected chi connectivity index (χ0v) is 10.1. The van der Waals surface area contributed by atoms with Gasteiger partial charge in [0.05, 0.1) is 22.5 Å². The van der Waals surface area contributed by atoms with E-state index in [2.05, 4.69) is 10.3 Å². The Labute approximate surface area is 112 Å². The lowest BCUT2D eigenvalue weighted by Crippen LogP contribution is -2.10. The number of nitrogen functional groups attached to an aromatic ring is 1. The molecular weight excluding hydrogens is 269 g/mol. The van der Waals surface area contributed by atoms with Crippen molar-refractivity contribution in [3.63, 3.8) is 0 Å². The van der Waals surface area contributed by atoms with Crippen LogP contribution in [0.5, 0.6) is 0 Å². The molecule has 0 saturated carbocycles. The number of nitriles is 1. The molecule has 0 aliphatic rings. The summed E-state index contributed by atoms with van der Waals surface area (Å²) in [6.45, 7) is 0. The van der Waals surface area contributed by atoms with Gasteiger partial charge in [0.2, 0.25) is 0 Å². The van der Waals surface area contributed by atoms with Crippen molar-refractivity contribution in [1.82, 2.24) is 4.98 Å². The molecule has 3 N–H and O–H groups in total. The number of nitrogens with two attached hydrogens (primary N) is 1. The molecule has 1 aromatic carbocycles. The minimum atomic E-state index is -4.49. The molecule has 7 heteroatoms. The van der Waals surface area contributed by atoms with Gasteiger partial charge in [-0.1, -0.05) is 12.1 Å². The topological polar surface area (TPSA) is 74.7 Å². The first-order valence-electron chi connectivity index (χ1n) is 5.51. The molecule has 20 heavy (non-hydrogen) atoms. The summed E-state index contributed by atoms with van der Waals surface area (Å²) in [5.41, 5.74) is 4.82. The maximum absolute atomic E-state index is 12.9. The molecule has 1 heterocycles. The van der Waals surface area contributed by atoms with E-state index in [1.54, 1.807) is 0 Å². The summed E-state index contributed by atoms with van der Waals surface area (Å²) < 4.78 is 38.6. The fraction of sp³-hybridized carbons (Fsp3) is 0.0769. The average Bonchev–Trinajstić information content (AvgIpc) is 2.40. The van der Waals surface area contributed by atoms with E-state index < -0.39 is 11.7 Å². The minimum Gasteiger partial charge on any atom is -0.395 e. The number of rotatable bonds is 2. The van der Waals surface area contributed by atoms with E-state index in [1.807, 2.05) is 6.07 Å². The zero-order chi connectivity index (χ0) is 14.8. The first kappa shape index (κ1) is 13.7. The summed E-state index contributed by atoms with van der Waals surface area (Å²) in [4.78, 5) is 3.85. The fourth-order valence-corrected chi connectivity index (χ4v) is 1.64. The largest absolute Gasteiger partial charge is 0.418 e. The van der Waals surface area contributed by atoms with Gasteiger partial charge in [-0.15, -0.1) is 0 Å². The number of nitrogens with zero attached hydrogens (tertiary/aromatic N) is 2. The number of pyridine rings is 1. The SMILES string of the molecule is N#Cc1ccnc(Nc2ccccc2C(F)(F)F)c1N. The van der Waals surface area contributed by atoms with Gasteiger partial charge in [-0.25, -0.2) is 4.98 Å². The molecule has 0 spiro atoms. The highest BCUT2D eigenvalue weighted by Crippen LogP contribution is 2.36. The Morgan fingerprint density at radius 1 is 1.20 bits per heavy atom. The van der Waals surface area contributed by atoms with Gasteiger partial charge in [0, 0.05) is 6.20 Å². The lowest BCUT2D eigenvalue weighted by Gasteiger charge is -2.15. The van der Waals surface area contributed by atoms with Crippen LogP contribution in [-0.4, -0.2) is 4.98 Å². The number of halogens is 3. The van der Waals surface area contributed by atoms with E-state index in [0.717, 1.165) is 6.07 Å². The summed E-state index contributed by atoms with van der Waals surface area (Å²) in [7, 11) is 0. The maximum Gasteiger partial charge on any atom is 0.418 e. The van der Waals surface area contributed by atoms with Crippen molar-refractivity contribution >= 4 is 17.2 Å². The van der Waals surface area contributed by atoms with Gasteiger partial charge in [-0.2, -0.15) is 18.4 Å². The van der Waals surface area contributed by atoms with Gasteiger partial charge < -0.3 is 11.1 Å². The number of benzene rings is 1. The van der Waals surface area contributed by atoms with Crippen LogP contribution < -0.4 is 11.1 Å².